The zero-order valence-corrected chi connectivity index (χ0v) is 11.8. The number of hydrogen-bond acceptors (Lipinski definition) is 3. The number of carboxylic acids is 1. The summed E-state index contributed by atoms with van der Waals surface area (Å²) in [5, 5.41) is 19.4. The predicted octanol–water partition coefficient (Wildman–Crippen LogP) is 2.20. The van der Waals surface area contributed by atoms with Crippen molar-refractivity contribution in [1.29, 1.82) is 0 Å². The van der Waals surface area contributed by atoms with Crippen LogP contribution >= 0.6 is 0 Å². The van der Waals surface area contributed by atoms with Gasteiger partial charge in [-0.15, -0.1) is 0 Å². The van der Waals surface area contributed by atoms with Gasteiger partial charge in [-0.1, -0.05) is 13.0 Å². The summed E-state index contributed by atoms with van der Waals surface area (Å²) in [6, 6.07) is 0. The molecule has 0 amide bonds. The number of allylic oxidation sites excluding steroid dienone is 3. The van der Waals surface area contributed by atoms with Crippen LogP contribution in [0.1, 0.15) is 27.2 Å². The molecule has 20 heavy (non-hydrogen) atoms. The van der Waals surface area contributed by atoms with Crippen LogP contribution in [0.3, 0.4) is 0 Å². The van der Waals surface area contributed by atoms with Gasteiger partial charge in [0.05, 0.1) is 6.67 Å². The number of aliphatic hydroxyl groups is 1. The first-order valence-corrected chi connectivity index (χ1v) is 6.25. The van der Waals surface area contributed by atoms with E-state index in [4.69, 9.17) is 5.11 Å². The van der Waals surface area contributed by atoms with E-state index in [-0.39, 0.29) is 12.2 Å². The van der Waals surface area contributed by atoms with Crippen molar-refractivity contribution in [2.45, 2.75) is 32.8 Å². The second-order valence-corrected chi connectivity index (χ2v) is 5.49. The van der Waals surface area contributed by atoms with Crippen molar-refractivity contribution in [2.24, 2.45) is 5.41 Å². The first kappa shape index (κ1) is 16.3. The highest BCUT2D eigenvalue weighted by molar-refractivity contribution is 5.93. The van der Waals surface area contributed by atoms with Crippen molar-refractivity contribution < 1.29 is 24.2 Å². The minimum Gasteiger partial charge on any atom is -0.478 e. The van der Waals surface area contributed by atoms with Gasteiger partial charge >= 0.3 is 5.97 Å². The molecule has 1 aliphatic carbocycles. The third-order valence-electron chi connectivity index (χ3n) is 3.70. The Balaban J connectivity index is 3.22. The molecule has 4 nitrogen and oxygen atoms in total. The molecular formula is C15H19FO4. The molecule has 0 radical (unpaired) electrons. The van der Waals surface area contributed by atoms with Crippen molar-refractivity contribution >= 4 is 11.8 Å². The third kappa shape index (κ3) is 3.04. The van der Waals surface area contributed by atoms with Crippen LogP contribution in [0.4, 0.5) is 4.39 Å². The van der Waals surface area contributed by atoms with E-state index in [1.165, 1.54) is 25.2 Å². The van der Waals surface area contributed by atoms with Crippen molar-refractivity contribution in [3.63, 3.8) is 0 Å². The van der Waals surface area contributed by atoms with Gasteiger partial charge in [-0.2, -0.15) is 0 Å². The lowest BCUT2D eigenvalue weighted by atomic mass is 9.64. The lowest BCUT2D eigenvalue weighted by Crippen LogP contribution is -2.51. The molecule has 0 saturated heterocycles. The quantitative estimate of drug-likeness (QED) is 0.612. The Morgan fingerprint density at radius 1 is 1.55 bits per heavy atom. The average molecular weight is 282 g/mol. The van der Waals surface area contributed by atoms with Gasteiger partial charge in [0, 0.05) is 17.9 Å². The number of carboxylic acid groups (broad SMARTS) is 1. The number of aliphatic carboxylic acids is 1. The summed E-state index contributed by atoms with van der Waals surface area (Å²) in [7, 11) is 0. The highest BCUT2D eigenvalue weighted by atomic mass is 19.1. The van der Waals surface area contributed by atoms with Crippen LogP contribution in [0, 0.1) is 5.41 Å². The molecule has 0 aromatic rings. The third-order valence-corrected chi connectivity index (χ3v) is 3.70. The number of alkyl halides is 1. The fourth-order valence-corrected chi connectivity index (χ4v) is 2.37. The van der Waals surface area contributed by atoms with Crippen LogP contribution in [0.5, 0.6) is 0 Å². The van der Waals surface area contributed by atoms with Crippen LogP contribution in [-0.4, -0.2) is 34.2 Å². The van der Waals surface area contributed by atoms with Gasteiger partial charge in [0.15, 0.2) is 5.78 Å². The molecule has 0 bridgehead atoms. The molecule has 0 fully saturated rings. The van der Waals surface area contributed by atoms with E-state index in [2.05, 4.69) is 0 Å². The molecule has 0 aromatic carbocycles. The maximum absolute atomic E-state index is 13.4. The summed E-state index contributed by atoms with van der Waals surface area (Å²) in [6.45, 7) is 3.77. The maximum Gasteiger partial charge on any atom is 0.328 e. The van der Waals surface area contributed by atoms with Gasteiger partial charge in [-0.25, -0.2) is 4.79 Å². The Hall–Kier alpha value is -1.75. The van der Waals surface area contributed by atoms with Crippen LogP contribution in [0.15, 0.2) is 35.5 Å². The molecule has 110 valence electrons. The minimum absolute atomic E-state index is 0.0939. The fraction of sp³-hybridized carbons (Fsp3) is 0.467. The van der Waals surface area contributed by atoms with Crippen molar-refractivity contribution in [2.75, 3.05) is 6.67 Å². The molecule has 0 spiro atoms. The fourth-order valence-electron chi connectivity index (χ4n) is 2.37. The summed E-state index contributed by atoms with van der Waals surface area (Å²) in [5.41, 5.74) is -2.09. The Morgan fingerprint density at radius 2 is 2.15 bits per heavy atom. The lowest BCUT2D eigenvalue weighted by molar-refractivity contribution is -0.131. The zero-order chi connectivity index (χ0) is 15.6. The number of rotatable bonds is 4. The largest absolute Gasteiger partial charge is 0.478 e. The summed E-state index contributed by atoms with van der Waals surface area (Å²) >= 11 is 0. The number of carbonyl (C=O) groups excluding carboxylic acids is 1. The van der Waals surface area contributed by atoms with Gasteiger partial charge in [0.2, 0.25) is 0 Å². The van der Waals surface area contributed by atoms with Crippen LogP contribution < -0.4 is 0 Å². The van der Waals surface area contributed by atoms with Gasteiger partial charge in [-0.3, -0.25) is 9.18 Å². The average Bonchev–Trinajstić information content (AvgIpc) is 2.33. The van der Waals surface area contributed by atoms with E-state index < -0.39 is 23.7 Å². The van der Waals surface area contributed by atoms with Crippen LogP contribution in [0.25, 0.3) is 0 Å². The summed E-state index contributed by atoms with van der Waals surface area (Å²) in [6.07, 6.45) is 4.98. The van der Waals surface area contributed by atoms with E-state index in [0.717, 1.165) is 6.08 Å². The van der Waals surface area contributed by atoms with Gasteiger partial charge in [0.1, 0.15) is 5.60 Å². The second kappa shape index (κ2) is 5.71. The van der Waals surface area contributed by atoms with Gasteiger partial charge in [0.25, 0.3) is 0 Å². The summed E-state index contributed by atoms with van der Waals surface area (Å²) < 4.78 is 13.4. The Labute approximate surface area is 117 Å². The second-order valence-electron chi connectivity index (χ2n) is 5.49. The molecule has 2 atom stereocenters. The molecule has 2 N–H and O–H groups in total. The van der Waals surface area contributed by atoms with Crippen LogP contribution in [-0.2, 0) is 9.59 Å². The predicted molar refractivity (Wildman–Crippen MR) is 72.9 cm³/mol. The maximum atomic E-state index is 13.4. The van der Waals surface area contributed by atoms with E-state index >= 15 is 0 Å². The van der Waals surface area contributed by atoms with E-state index in [1.54, 1.807) is 13.8 Å². The first-order chi connectivity index (χ1) is 9.14. The summed E-state index contributed by atoms with van der Waals surface area (Å²) in [5.74, 6) is -1.32. The monoisotopic (exact) mass is 282 g/mol. The SMILES string of the molecule is CC(C=C[C@@]1(O)C(C)=CC(=O)C[C@@]1(C)CF)=CC(=O)O. The van der Waals surface area contributed by atoms with Crippen molar-refractivity contribution in [1.82, 2.24) is 0 Å². The lowest BCUT2D eigenvalue weighted by Gasteiger charge is -2.44. The zero-order valence-electron chi connectivity index (χ0n) is 11.8. The Bertz CT molecular complexity index is 518. The highest BCUT2D eigenvalue weighted by Gasteiger charge is 2.50. The van der Waals surface area contributed by atoms with E-state index in [9.17, 15) is 19.1 Å². The van der Waals surface area contributed by atoms with E-state index in [0.29, 0.717) is 11.1 Å². The smallest absolute Gasteiger partial charge is 0.328 e. The molecule has 0 unspecified atom stereocenters. The topological polar surface area (TPSA) is 74.6 Å². The van der Waals surface area contributed by atoms with Crippen molar-refractivity contribution in [3.8, 4) is 0 Å². The minimum atomic E-state index is -1.61. The molecule has 0 saturated carbocycles. The van der Waals surface area contributed by atoms with Gasteiger partial charge in [-0.05, 0) is 37.1 Å². The number of ketones is 1. The summed E-state index contributed by atoms with van der Waals surface area (Å²) in [4.78, 5) is 22.1. The highest BCUT2D eigenvalue weighted by Crippen LogP contribution is 2.45. The Kier molecular flexibility index (Phi) is 4.65. The molecule has 5 heteroatoms. The number of hydrogen-bond donors (Lipinski definition) is 2. The molecule has 0 aliphatic heterocycles. The molecule has 1 aliphatic rings. The number of carbonyl (C=O) groups is 2. The van der Waals surface area contributed by atoms with E-state index in [1.807, 2.05) is 0 Å². The standard InChI is InChI=1S/C15H19FO4/c1-10(6-13(18)19)4-5-15(20)11(2)7-12(17)8-14(15,3)9-16/h4-7,20H,8-9H2,1-3H3,(H,18,19)/t14-,15+/m0/s1. The Morgan fingerprint density at radius 3 is 2.65 bits per heavy atom. The molecule has 0 heterocycles. The number of halogens is 1. The molecular weight excluding hydrogens is 263 g/mol. The van der Waals surface area contributed by atoms with Gasteiger partial charge < -0.3 is 10.2 Å². The normalized spacial score (nSPS) is 31.6. The molecule has 1 rings (SSSR count). The van der Waals surface area contributed by atoms with Crippen LogP contribution in [0.2, 0.25) is 0 Å². The molecule has 0 aromatic heterocycles. The van der Waals surface area contributed by atoms with Crippen molar-refractivity contribution in [3.05, 3.63) is 35.5 Å². The first-order valence-electron chi connectivity index (χ1n) is 6.25.